The smallest absolute Gasteiger partial charge is 0.305 e. The minimum atomic E-state index is -0.245. The van der Waals surface area contributed by atoms with E-state index in [-0.39, 0.29) is 24.0 Å². The minimum Gasteiger partial charge on any atom is -0.469 e. The first-order chi connectivity index (χ1) is 9.02. The Kier molecular flexibility index (Phi) is 6.80. The van der Waals surface area contributed by atoms with Gasteiger partial charge in [0.25, 0.3) is 0 Å². The molecule has 1 aliphatic rings. The van der Waals surface area contributed by atoms with Crippen LogP contribution in [0.5, 0.6) is 0 Å². The first kappa shape index (κ1) is 15.9. The van der Waals surface area contributed by atoms with Crippen LogP contribution in [-0.2, 0) is 19.1 Å². The van der Waals surface area contributed by atoms with Crippen molar-refractivity contribution in [2.45, 2.75) is 38.8 Å². The Balaban J connectivity index is 2.17. The van der Waals surface area contributed by atoms with Gasteiger partial charge in [-0.1, -0.05) is 0 Å². The molecule has 19 heavy (non-hydrogen) atoms. The van der Waals surface area contributed by atoms with E-state index in [0.717, 1.165) is 6.54 Å². The van der Waals surface area contributed by atoms with Crippen LogP contribution in [0.1, 0.15) is 26.7 Å². The van der Waals surface area contributed by atoms with E-state index >= 15 is 0 Å². The summed E-state index contributed by atoms with van der Waals surface area (Å²) in [6.45, 7) is 6.38. The van der Waals surface area contributed by atoms with Crippen molar-refractivity contribution in [3.05, 3.63) is 0 Å². The fourth-order valence-electron chi connectivity index (χ4n) is 2.00. The van der Waals surface area contributed by atoms with Crippen molar-refractivity contribution < 1.29 is 19.1 Å². The predicted molar refractivity (Wildman–Crippen MR) is 70.7 cm³/mol. The van der Waals surface area contributed by atoms with Crippen molar-refractivity contribution in [3.63, 3.8) is 0 Å². The Labute approximate surface area is 114 Å². The Morgan fingerprint density at radius 1 is 1.42 bits per heavy atom. The SMILES string of the molecule is COC(=O)CCCNC(=O)CN1C[C@H](C)OC[C@H]1C. The molecular weight excluding hydrogens is 248 g/mol. The van der Waals surface area contributed by atoms with Crippen LogP contribution in [0.3, 0.4) is 0 Å². The molecule has 0 aromatic carbocycles. The lowest BCUT2D eigenvalue weighted by Crippen LogP contribution is -2.51. The third-order valence-corrected chi connectivity index (χ3v) is 3.19. The van der Waals surface area contributed by atoms with E-state index in [2.05, 4.69) is 21.9 Å². The number of hydrogen-bond acceptors (Lipinski definition) is 5. The first-order valence-corrected chi connectivity index (χ1v) is 6.72. The van der Waals surface area contributed by atoms with Crippen molar-refractivity contribution in [2.24, 2.45) is 0 Å². The van der Waals surface area contributed by atoms with E-state index in [0.29, 0.717) is 32.5 Å². The monoisotopic (exact) mass is 272 g/mol. The van der Waals surface area contributed by atoms with Gasteiger partial charge in [-0.3, -0.25) is 14.5 Å². The molecule has 6 heteroatoms. The zero-order chi connectivity index (χ0) is 14.3. The molecule has 1 fully saturated rings. The van der Waals surface area contributed by atoms with Gasteiger partial charge >= 0.3 is 5.97 Å². The van der Waals surface area contributed by atoms with Gasteiger partial charge in [0.1, 0.15) is 0 Å². The van der Waals surface area contributed by atoms with Crippen LogP contribution in [0.2, 0.25) is 0 Å². The van der Waals surface area contributed by atoms with Gasteiger partial charge in [-0.2, -0.15) is 0 Å². The fraction of sp³-hybridized carbons (Fsp3) is 0.846. The second-order valence-electron chi connectivity index (χ2n) is 4.95. The average molecular weight is 272 g/mol. The Morgan fingerprint density at radius 2 is 2.16 bits per heavy atom. The summed E-state index contributed by atoms with van der Waals surface area (Å²) >= 11 is 0. The predicted octanol–water partition coefficient (Wildman–Crippen LogP) is 0.165. The van der Waals surface area contributed by atoms with E-state index in [1.165, 1.54) is 7.11 Å². The highest BCUT2D eigenvalue weighted by atomic mass is 16.5. The lowest BCUT2D eigenvalue weighted by molar-refractivity contribution is -0.140. The molecule has 6 nitrogen and oxygen atoms in total. The number of carbonyl (C=O) groups excluding carboxylic acids is 2. The van der Waals surface area contributed by atoms with Crippen LogP contribution in [-0.4, -0.2) is 62.3 Å². The molecule has 2 atom stereocenters. The molecule has 0 radical (unpaired) electrons. The van der Waals surface area contributed by atoms with E-state index in [1.807, 2.05) is 6.92 Å². The van der Waals surface area contributed by atoms with Crippen molar-refractivity contribution >= 4 is 11.9 Å². The average Bonchev–Trinajstić information content (AvgIpc) is 2.38. The molecule has 1 N–H and O–H groups in total. The highest BCUT2D eigenvalue weighted by Crippen LogP contribution is 2.10. The summed E-state index contributed by atoms with van der Waals surface area (Å²) in [5, 5.41) is 2.82. The second kappa shape index (κ2) is 8.12. The minimum absolute atomic E-state index is 0.00850. The topological polar surface area (TPSA) is 67.9 Å². The van der Waals surface area contributed by atoms with Crippen molar-refractivity contribution in [1.29, 1.82) is 0 Å². The molecule has 0 aliphatic carbocycles. The van der Waals surface area contributed by atoms with Gasteiger partial charge in [0.2, 0.25) is 5.91 Å². The quantitative estimate of drug-likeness (QED) is 0.551. The summed E-state index contributed by atoms with van der Waals surface area (Å²) in [6, 6.07) is 0.261. The summed E-state index contributed by atoms with van der Waals surface area (Å²) in [5.74, 6) is -0.254. The van der Waals surface area contributed by atoms with E-state index in [9.17, 15) is 9.59 Å². The van der Waals surface area contributed by atoms with Gasteiger partial charge in [0.05, 0.1) is 26.4 Å². The number of rotatable bonds is 6. The highest BCUT2D eigenvalue weighted by Gasteiger charge is 2.24. The first-order valence-electron chi connectivity index (χ1n) is 6.72. The molecule has 1 aliphatic heterocycles. The molecule has 1 rings (SSSR count). The number of methoxy groups -OCH3 is 1. The van der Waals surface area contributed by atoms with Crippen LogP contribution >= 0.6 is 0 Å². The maximum Gasteiger partial charge on any atom is 0.305 e. The summed E-state index contributed by atoms with van der Waals surface area (Å²) < 4.78 is 10.0. The van der Waals surface area contributed by atoms with Crippen LogP contribution in [0.15, 0.2) is 0 Å². The number of nitrogens with one attached hydrogen (secondary N) is 1. The Hall–Kier alpha value is -1.14. The second-order valence-corrected chi connectivity index (χ2v) is 4.95. The number of esters is 1. The molecule has 1 amide bonds. The molecule has 110 valence electrons. The molecule has 1 saturated heterocycles. The number of ether oxygens (including phenoxy) is 2. The van der Waals surface area contributed by atoms with E-state index in [1.54, 1.807) is 0 Å². The zero-order valence-electron chi connectivity index (χ0n) is 12.0. The largest absolute Gasteiger partial charge is 0.469 e. The van der Waals surface area contributed by atoms with Crippen molar-refractivity contribution in [2.75, 3.05) is 33.4 Å². The maximum absolute atomic E-state index is 11.8. The molecule has 0 spiro atoms. The Morgan fingerprint density at radius 3 is 2.84 bits per heavy atom. The van der Waals surface area contributed by atoms with Gasteiger partial charge in [0, 0.05) is 25.6 Å². The summed E-state index contributed by atoms with van der Waals surface area (Å²) in [6.07, 6.45) is 1.11. The van der Waals surface area contributed by atoms with E-state index in [4.69, 9.17) is 4.74 Å². The maximum atomic E-state index is 11.8. The molecule has 0 bridgehead atoms. The number of morpholine rings is 1. The summed E-state index contributed by atoms with van der Waals surface area (Å²) in [4.78, 5) is 24.8. The molecular formula is C13H24N2O4. The number of carbonyl (C=O) groups is 2. The zero-order valence-corrected chi connectivity index (χ0v) is 12.0. The normalized spacial score (nSPS) is 23.9. The number of nitrogens with zero attached hydrogens (tertiary/aromatic N) is 1. The fourth-order valence-corrected chi connectivity index (χ4v) is 2.00. The third-order valence-electron chi connectivity index (χ3n) is 3.19. The molecule has 0 saturated carbocycles. The summed E-state index contributed by atoms with van der Waals surface area (Å²) in [7, 11) is 1.36. The van der Waals surface area contributed by atoms with Gasteiger partial charge < -0.3 is 14.8 Å². The Bertz CT molecular complexity index is 309. The lowest BCUT2D eigenvalue weighted by atomic mass is 10.2. The molecule has 0 unspecified atom stereocenters. The van der Waals surface area contributed by atoms with E-state index < -0.39 is 0 Å². The number of amides is 1. The van der Waals surface area contributed by atoms with Crippen molar-refractivity contribution in [3.8, 4) is 0 Å². The number of hydrogen-bond donors (Lipinski definition) is 1. The van der Waals surface area contributed by atoms with Crippen LogP contribution in [0, 0.1) is 0 Å². The molecule has 0 aromatic rings. The third kappa shape index (κ3) is 6.02. The lowest BCUT2D eigenvalue weighted by Gasteiger charge is -2.36. The van der Waals surface area contributed by atoms with Crippen LogP contribution in [0.4, 0.5) is 0 Å². The van der Waals surface area contributed by atoms with Crippen LogP contribution < -0.4 is 5.32 Å². The van der Waals surface area contributed by atoms with Crippen LogP contribution in [0.25, 0.3) is 0 Å². The molecule has 0 aromatic heterocycles. The standard InChI is InChI=1S/C13H24N2O4/c1-10-9-19-11(2)7-15(10)8-12(16)14-6-4-5-13(17)18-3/h10-11H,4-9H2,1-3H3,(H,14,16)/t10-,11+/m1/s1. The van der Waals surface area contributed by atoms with Gasteiger partial charge in [0.15, 0.2) is 0 Å². The summed E-state index contributed by atoms with van der Waals surface area (Å²) in [5.41, 5.74) is 0. The van der Waals surface area contributed by atoms with Gasteiger partial charge in [-0.05, 0) is 20.3 Å². The molecule has 1 heterocycles. The highest BCUT2D eigenvalue weighted by molar-refractivity contribution is 5.78. The van der Waals surface area contributed by atoms with Crippen molar-refractivity contribution in [1.82, 2.24) is 10.2 Å². The van der Waals surface area contributed by atoms with Gasteiger partial charge in [-0.25, -0.2) is 0 Å². The van der Waals surface area contributed by atoms with Gasteiger partial charge in [-0.15, -0.1) is 0 Å².